The molecule has 112 valence electrons. The van der Waals surface area contributed by atoms with Crippen LogP contribution in [0.15, 0.2) is 18.2 Å². The summed E-state index contributed by atoms with van der Waals surface area (Å²) in [6.45, 7) is 10.9. The average molecular weight is 276 g/mol. The highest BCUT2D eigenvalue weighted by Crippen LogP contribution is 2.18. The Bertz CT molecular complexity index is 398. The number of ether oxygens (including phenoxy) is 1. The molecule has 0 bridgehead atoms. The highest BCUT2D eigenvalue weighted by atomic mass is 16.5. The van der Waals surface area contributed by atoms with Crippen molar-refractivity contribution in [3.63, 3.8) is 0 Å². The smallest absolute Gasteiger partial charge is 0.119 e. The quantitative estimate of drug-likeness (QED) is 0.864. The molecular weight excluding hydrogens is 248 g/mol. The summed E-state index contributed by atoms with van der Waals surface area (Å²) >= 11 is 0. The second-order valence-corrected chi connectivity index (χ2v) is 5.57. The monoisotopic (exact) mass is 276 g/mol. The summed E-state index contributed by atoms with van der Waals surface area (Å²) in [5.41, 5.74) is 2.81. The number of aryl methyl sites for hydroxylation is 2. The minimum Gasteiger partial charge on any atom is -0.494 e. The zero-order chi connectivity index (χ0) is 14.2. The lowest BCUT2D eigenvalue weighted by atomic mass is 10.0. The van der Waals surface area contributed by atoms with Gasteiger partial charge in [-0.2, -0.15) is 0 Å². The lowest BCUT2D eigenvalue weighted by Gasteiger charge is -2.19. The fraction of sp³-hybridized carbons (Fsp3) is 0.647. The maximum Gasteiger partial charge on any atom is 0.119 e. The van der Waals surface area contributed by atoms with E-state index in [2.05, 4.69) is 35.3 Å². The van der Waals surface area contributed by atoms with Gasteiger partial charge in [-0.25, -0.2) is 0 Å². The Kier molecular flexibility index (Phi) is 6.34. The van der Waals surface area contributed by atoms with E-state index in [9.17, 15) is 0 Å². The average Bonchev–Trinajstić information content (AvgIpc) is 2.70. The van der Waals surface area contributed by atoms with E-state index in [4.69, 9.17) is 4.74 Å². The number of hydrogen-bond acceptors (Lipinski definition) is 3. The SMILES string of the molecule is CCOc1ccc(CCCN2CCCNCC2)c(C)c1. The summed E-state index contributed by atoms with van der Waals surface area (Å²) in [6.07, 6.45) is 3.69. The van der Waals surface area contributed by atoms with Gasteiger partial charge in [0.2, 0.25) is 0 Å². The molecule has 1 heterocycles. The highest BCUT2D eigenvalue weighted by Gasteiger charge is 2.08. The topological polar surface area (TPSA) is 24.5 Å². The molecule has 0 unspecified atom stereocenters. The summed E-state index contributed by atoms with van der Waals surface area (Å²) in [5, 5.41) is 3.46. The number of hydrogen-bond donors (Lipinski definition) is 1. The zero-order valence-electron chi connectivity index (χ0n) is 13.0. The van der Waals surface area contributed by atoms with Crippen LogP contribution in [0.2, 0.25) is 0 Å². The second-order valence-electron chi connectivity index (χ2n) is 5.57. The van der Waals surface area contributed by atoms with Crippen molar-refractivity contribution in [1.29, 1.82) is 0 Å². The van der Waals surface area contributed by atoms with Crippen LogP contribution in [0.4, 0.5) is 0 Å². The molecule has 3 heteroatoms. The second kappa shape index (κ2) is 8.28. The number of benzene rings is 1. The van der Waals surface area contributed by atoms with Crippen molar-refractivity contribution in [1.82, 2.24) is 10.2 Å². The molecule has 0 atom stereocenters. The fourth-order valence-electron chi connectivity index (χ4n) is 2.82. The van der Waals surface area contributed by atoms with Crippen LogP contribution < -0.4 is 10.1 Å². The third kappa shape index (κ3) is 4.80. The third-order valence-electron chi connectivity index (χ3n) is 3.98. The van der Waals surface area contributed by atoms with Gasteiger partial charge in [-0.05, 0) is 76.0 Å². The summed E-state index contributed by atoms with van der Waals surface area (Å²) in [6, 6.07) is 6.49. The van der Waals surface area contributed by atoms with Gasteiger partial charge in [0, 0.05) is 13.1 Å². The molecule has 1 N–H and O–H groups in total. The molecule has 0 aromatic heterocycles. The van der Waals surface area contributed by atoms with Gasteiger partial charge in [0.1, 0.15) is 5.75 Å². The first-order valence-corrected chi connectivity index (χ1v) is 7.95. The molecular formula is C17H28N2O. The molecule has 1 aromatic carbocycles. The van der Waals surface area contributed by atoms with Gasteiger partial charge in [-0.3, -0.25) is 0 Å². The van der Waals surface area contributed by atoms with Crippen LogP contribution in [0.1, 0.15) is 30.9 Å². The van der Waals surface area contributed by atoms with Gasteiger partial charge in [0.05, 0.1) is 6.61 Å². The van der Waals surface area contributed by atoms with E-state index in [0.29, 0.717) is 0 Å². The molecule has 2 rings (SSSR count). The minimum atomic E-state index is 0.738. The summed E-state index contributed by atoms with van der Waals surface area (Å²) in [7, 11) is 0. The molecule has 1 saturated heterocycles. The van der Waals surface area contributed by atoms with E-state index >= 15 is 0 Å². The van der Waals surface area contributed by atoms with Crippen molar-refractivity contribution in [2.45, 2.75) is 33.1 Å². The Labute approximate surface area is 123 Å². The number of nitrogens with one attached hydrogen (secondary N) is 1. The Morgan fingerprint density at radius 1 is 1.25 bits per heavy atom. The fourth-order valence-corrected chi connectivity index (χ4v) is 2.82. The van der Waals surface area contributed by atoms with E-state index in [0.717, 1.165) is 18.9 Å². The molecule has 3 nitrogen and oxygen atoms in total. The minimum absolute atomic E-state index is 0.738. The molecule has 0 aliphatic carbocycles. The van der Waals surface area contributed by atoms with Crippen molar-refractivity contribution in [2.75, 3.05) is 39.3 Å². The Morgan fingerprint density at radius 3 is 2.95 bits per heavy atom. The molecule has 1 fully saturated rings. The first-order valence-electron chi connectivity index (χ1n) is 7.95. The molecule has 1 aliphatic rings. The van der Waals surface area contributed by atoms with Crippen LogP contribution >= 0.6 is 0 Å². The largest absolute Gasteiger partial charge is 0.494 e. The van der Waals surface area contributed by atoms with Crippen LogP contribution in [0.25, 0.3) is 0 Å². The van der Waals surface area contributed by atoms with Gasteiger partial charge < -0.3 is 15.0 Å². The Morgan fingerprint density at radius 2 is 2.15 bits per heavy atom. The normalized spacial score (nSPS) is 16.9. The van der Waals surface area contributed by atoms with Gasteiger partial charge in [-0.15, -0.1) is 0 Å². The highest BCUT2D eigenvalue weighted by molar-refractivity contribution is 5.34. The van der Waals surface area contributed by atoms with E-state index in [1.807, 2.05) is 6.92 Å². The van der Waals surface area contributed by atoms with Gasteiger partial charge in [-0.1, -0.05) is 6.07 Å². The number of rotatable bonds is 6. The predicted molar refractivity (Wildman–Crippen MR) is 84.6 cm³/mol. The first-order chi connectivity index (χ1) is 9.79. The lowest BCUT2D eigenvalue weighted by Crippen LogP contribution is -2.29. The summed E-state index contributed by atoms with van der Waals surface area (Å²) < 4.78 is 5.54. The van der Waals surface area contributed by atoms with E-state index in [1.54, 1.807) is 0 Å². The summed E-state index contributed by atoms with van der Waals surface area (Å²) in [4.78, 5) is 2.59. The van der Waals surface area contributed by atoms with E-state index in [-0.39, 0.29) is 0 Å². The van der Waals surface area contributed by atoms with Crippen molar-refractivity contribution in [3.8, 4) is 5.75 Å². The van der Waals surface area contributed by atoms with Crippen molar-refractivity contribution in [3.05, 3.63) is 29.3 Å². The molecule has 1 aromatic rings. The van der Waals surface area contributed by atoms with Crippen LogP contribution in [0.3, 0.4) is 0 Å². The van der Waals surface area contributed by atoms with Gasteiger partial charge >= 0.3 is 0 Å². The molecule has 0 saturated carbocycles. The molecule has 0 radical (unpaired) electrons. The van der Waals surface area contributed by atoms with Crippen LogP contribution in [-0.2, 0) is 6.42 Å². The molecule has 0 amide bonds. The standard InChI is InChI=1S/C17H28N2O/c1-3-20-17-8-7-16(15(2)14-17)6-4-11-19-12-5-9-18-10-13-19/h7-8,14,18H,3-6,9-13H2,1-2H3. The van der Waals surface area contributed by atoms with Gasteiger partial charge in [0.25, 0.3) is 0 Å². The van der Waals surface area contributed by atoms with E-state index < -0.39 is 0 Å². The van der Waals surface area contributed by atoms with Crippen molar-refractivity contribution in [2.24, 2.45) is 0 Å². The Hall–Kier alpha value is -1.06. The van der Waals surface area contributed by atoms with Crippen LogP contribution in [0.5, 0.6) is 5.75 Å². The van der Waals surface area contributed by atoms with Crippen LogP contribution in [-0.4, -0.2) is 44.2 Å². The number of nitrogens with zero attached hydrogens (tertiary/aromatic N) is 1. The first kappa shape index (κ1) is 15.3. The molecule has 0 spiro atoms. The summed E-state index contributed by atoms with van der Waals surface area (Å²) in [5.74, 6) is 0.993. The van der Waals surface area contributed by atoms with Crippen molar-refractivity contribution < 1.29 is 4.74 Å². The maximum atomic E-state index is 5.54. The molecule has 20 heavy (non-hydrogen) atoms. The van der Waals surface area contributed by atoms with E-state index in [1.165, 1.54) is 56.6 Å². The zero-order valence-corrected chi connectivity index (χ0v) is 13.0. The lowest BCUT2D eigenvalue weighted by molar-refractivity contribution is 0.289. The Balaban J connectivity index is 1.78. The van der Waals surface area contributed by atoms with Gasteiger partial charge in [0.15, 0.2) is 0 Å². The predicted octanol–water partition coefficient (Wildman–Crippen LogP) is 2.62. The third-order valence-corrected chi connectivity index (χ3v) is 3.98. The molecule has 1 aliphatic heterocycles. The maximum absolute atomic E-state index is 5.54. The van der Waals surface area contributed by atoms with Crippen molar-refractivity contribution >= 4 is 0 Å². The van der Waals surface area contributed by atoms with Crippen LogP contribution in [0, 0.1) is 6.92 Å².